The largest absolute Gasteiger partial charge is 0.340 e. The molecule has 0 bridgehead atoms. The van der Waals surface area contributed by atoms with E-state index in [1.165, 1.54) is 46.1 Å². The molecule has 4 rings (SSSR count). The molecular weight excluding hydrogens is 395 g/mol. The van der Waals surface area contributed by atoms with Gasteiger partial charge in [-0.1, -0.05) is 29.4 Å². The Balaban J connectivity index is 0.00000210. The molecule has 2 aliphatic heterocycles. The van der Waals surface area contributed by atoms with Gasteiger partial charge in [0.1, 0.15) is 0 Å². The fourth-order valence-electron chi connectivity index (χ4n) is 4.20. The lowest BCUT2D eigenvalue weighted by molar-refractivity contribution is 0.174. The molecule has 0 unspecified atom stereocenters. The van der Waals surface area contributed by atoms with Crippen molar-refractivity contribution in [1.29, 1.82) is 0 Å². The maximum atomic E-state index is 6.33. The molecule has 0 atom stereocenters. The van der Waals surface area contributed by atoms with Crippen LogP contribution in [0.25, 0.3) is 0 Å². The zero-order chi connectivity index (χ0) is 18.3. The van der Waals surface area contributed by atoms with Crippen LogP contribution in [0.2, 0.25) is 5.02 Å². The summed E-state index contributed by atoms with van der Waals surface area (Å²) in [7, 11) is 0. The number of aryl methyl sites for hydroxylation is 1. The van der Waals surface area contributed by atoms with Crippen molar-refractivity contribution in [2.24, 2.45) is 0 Å². The van der Waals surface area contributed by atoms with Gasteiger partial charge in [0.05, 0.1) is 11.4 Å². The average Bonchev–Trinajstić information content (AvgIpc) is 2.93. The second-order valence-corrected chi connectivity index (χ2v) is 9.61. The SMILES string of the molecule is Cc1ccc2c(c1)N(CCCN1CCCC1(C)C)c1cc(Cl)ccc1S2.Cl. The van der Waals surface area contributed by atoms with Gasteiger partial charge in [0.15, 0.2) is 0 Å². The summed E-state index contributed by atoms with van der Waals surface area (Å²) in [6, 6.07) is 13.0. The lowest BCUT2D eigenvalue weighted by atomic mass is 10.0. The number of anilines is 2. The van der Waals surface area contributed by atoms with E-state index in [2.05, 4.69) is 60.9 Å². The summed E-state index contributed by atoms with van der Waals surface area (Å²) in [5.74, 6) is 0. The summed E-state index contributed by atoms with van der Waals surface area (Å²) < 4.78 is 0. The summed E-state index contributed by atoms with van der Waals surface area (Å²) in [5.41, 5.74) is 4.24. The summed E-state index contributed by atoms with van der Waals surface area (Å²) in [4.78, 5) is 7.77. The third-order valence-corrected chi connectivity index (χ3v) is 7.08. The van der Waals surface area contributed by atoms with Crippen molar-refractivity contribution in [3.63, 3.8) is 0 Å². The van der Waals surface area contributed by atoms with E-state index < -0.39 is 0 Å². The van der Waals surface area contributed by atoms with Gasteiger partial charge in [-0.15, -0.1) is 12.4 Å². The summed E-state index contributed by atoms with van der Waals surface area (Å²) in [6.45, 7) is 10.4. The number of benzene rings is 2. The Hall–Kier alpha value is -0.870. The Kier molecular flexibility index (Phi) is 6.37. The van der Waals surface area contributed by atoms with E-state index in [0.717, 1.165) is 24.5 Å². The zero-order valence-corrected chi connectivity index (χ0v) is 18.7. The highest BCUT2D eigenvalue weighted by Crippen LogP contribution is 2.49. The molecule has 0 spiro atoms. The predicted octanol–water partition coefficient (Wildman–Crippen LogP) is 6.94. The van der Waals surface area contributed by atoms with Gasteiger partial charge in [-0.2, -0.15) is 0 Å². The Labute approximate surface area is 178 Å². The van der Waals surface area contributed by atoms with E-state index >= 15 is 0 Å². The number of rotatable bonds is 4. The van der Waals surface area contributed by atoms with Crippen molar-refractivity contribution >= 4 is 47.1 Å². The Bertz CT molecular complexity index is 770. The standard InChI is InChI=1S/C22H27ClN2S.ClH/c1-16-6-8-20-18(14-16)25(19-15-17(23)7-9-21(19)26-20)13-5-12-24-11-4-10-22(24,2)3;/h6-9,14-15H,4-5,10-13H2,1-3H3;1H. The Morgan fingerprint density at radius 1 is 1.04 bits per heavy atom. The molecule has 2 heterocycles. The first kappa shape index (κ1) is 20.9. The van der Waals surface area contributed by atoms with E-state index in [1.807, 2.05) is 17.8 Å². The second-order valence-electron chi connectivity index (χ2n) is 8.09. The highest BCUT2D eigenvalue weighted by atomic mass is 35.5. The van der Waals surface area contributed by atoms with Crippen LogP contribution >= 0.6 is 35.8 Å². The van der Waals surface area contributed by atoms with Crippen molar-refractivity contribution in [3.8, 4) is 0 Å². The summed E-state index contributed by atoms with van der Waals surface area (Å²) in [5, 5.41) is 0.811. The van der Waals surface area contributed by atoms with Crippen molar-refractivity contribution in [3.05, 3.63) is 47.0 Å². The molecule has 0 aromatic heterocycles. The van der Waals surface area contributed by atoms with Gasteiger partial charge in [-0.3, -0.25) is 4.90 Å². The molecule has 0 aliphatic carbocycles. The molecule has 146 valence electrons. The number of fused-ring (bicyclic) bond motifs is 2. The van der Waals surface area contributed by atoms with Gasteiger partial charge in [0.2, 0.25) is 0 Å². The molecule has 27 heavy (non-hydrogen) atoms. The van der Waals surface area contributed by atoms with E-state index in [1.54, 1.807) is 0 Å². The molecule has 1 fully saturated rings. The summed E-state index contributed by atoms with van der Waals surface area (Å²) in [6.07, 6.45) is 3.80. The van der Waals surface area contributed by atoms with Crippen LogP contribution in [0.15, 0.2) is 46.2 Å². The topological polar surface area (TPSA) is 6.48 Å². The first-order valence-corrected chi connectivity index (χ1v) is 10.7. The first-order valence-electron chi connectivity index (χ1n) is 9.55. The van der Waals surface area contributed by atoms with Gasteiger partial charge >= 0.3 is 0 Å². The van der Waals surface area contributed by atoms with Gasteiger partial charge in [-0.25, -0.2) is 0 Å². The molecule has 1 saturated heterocycles. The molecule has 2 aromatic rings. The zero-order valence-electron chi connectivity index (χ0n) is 16.3. The first-order chi connectivity index (χ1) is 12.4. The van der Waals surface area contributed by atoms with Crippen LogP contribution in [-0.2, 0) is 0 Å². The van der Waals surface area contributed by atoms with E-state index in [-0.39, 0.29) is 12.4 Å². The number of hydrogen-bond donors (Lipinski definition) is 0. The highest BCUT2D eigenvalue weighted by molar-refractivity contribution is 7.99. The van der Waals surface area contributed by atoms with Crippen LogP contribution in [0.4, 0.5) is 11.4 Å². The average molecular weight is 423 g/mol. The summed E-state index contributed by atoms with van der Waals surface area (Å²) >= 11 is 8.18. The Morgan fingerprint density at radius 2 is 1.74 bits per heavy atom. The molecule has 0 saturated carbocycles. The predicted molar refractivity (Wildman–Crippen MR) is 121 cm³/mol. The number of likely N-dealkylation sites (tertiary alicyclic amines) is 1. The van der Waals surface area contributed by atoms with Gasteiger partial charge in [0, 0.05) is 33.4 Å². The number of nitrogens with zero attached hydrogens (tertiary/aromatic N) is 2. The molecular formula is C22H28Cl2N2S. The lowest BCUT2D eigenvalue weighted by Crippen LogP contribution is -2.39. The smallest absolute Gasteiger partial charge is 0.0567 e. The van der Waals surface area contributed by atoms with Crippen molar-refractivity contribution in [2.75, 3.05) is 24.5 Å². The molecule has 5 heteroatoms. The third-order valence-electron chi connectivity index (χ3n) is 5.72. The van der Waals surface area contributed by atoms with Gasteiger partial charge < -0.3 is 4.90 Å². The monoisotopic (exact) mass is 422 g/mol. The normalized spacial score (nSPS) is 18.0. The third kappa shape index (κ3) is 4.27. The van der Waals surface area contributed by atoms with Crippen LogP contribution in [0.5, 0.6) is 0 Å². The minimum atomic E-state index is 0. The van der Waals surface area contributed by atoms with E-state index in [0.29, 0.717) is 5.54 Å². The molecule has 2 aliphatic rings. The van der Waals surface area contributed by atoms with Crippen molar-refractivity contribution < 1.29 is 0 Å². The molecule has 0 N–H and O–H groups in total. The van der Waals surface area contributed by atoms with Crippen LogP contribution in [0, 0.1) is 6.92 Å². The van der Waals surface area contributed by atoms with Crippen molar-refractivity contribution in [1.82, 2.24) is 4.90 Å². The van der Waals surface area contributed by atoms with Crippen LogP contribution in [0.1, 0.15) is 38.7 Å². The quantitative estimate of drug-likeness (QED) is 0.526. The molecule has 2 nitrogen and oxygen atoms in total. The Morgan fingerprint density at radius 3 is 2.44 bits per heavy atom. The maximum absolute atomic E-state index is 6.33. The fourth-order valence-corrected chi connectivity index (χ4v) is 5.42. The minimum absolute atomic E-state index is 0. The second kappa shape index (κ2) is 8.24. The molecule has 2 aromatic carbocycles. The lowest BCUT2D eigenvalue weighted by Gasteiger charge is -2.35. The number of hydrogen-bond acceptors (Lipinski definition) is 3. The van der Waals surface area contributed by atoms with Gasteiger partial charge in [0.25, 0.3) is 0 Å². The number of halogens is 2. The molecule has 0 amide bonds. The highest BCUT2D eigenvalue weighted by Gasteiger charge is 2.31. The van der Waals surface area contributed by atoms with E-state index in [9.17, 15) is 0 Å². The molecule has 0 radical (unpaired) electrons. The minimum Gasteiger partial charge on any atom is -0.340 e. The van der Waals surface area contributed by atoms with Crippen LogP contribution in [-0.4, -0.2) is 30.1 Å². The van der Waals surface area contributed by atoms with Crippen molar-refractivity contribution in [2.45, 2.75) is 55.4 Å². The van der Waals surface area contributed by atoms with E-state index in [4.69, 9.17) is 11.6 Å². The van der Waals surface area contributed by atoms with Crippen LogP contribution in [0.3, 0.4) is 0 Å². The fraction of sp³-hybridized carbons (Fsp3) is 0.455. The van der Waals surface area contributed by atoms with Gasteiger partial charge in [-0.05, 0) is 82.5 Å². The van der Waals surface area contributed by atoms with Crippen LogP contribution < -0.4 is 4.90 Å². The maximum Gasteiger partial charge on any atom is 0.0567 e.